The van der Waals surface area contributed by atoms with Gasteiger partial charge in [0.2, 0.25) is 17.7 Å². The molecule has 3 aromatic rings. The van der Waals surface area contributed by atoms with Gasteiger partial charge in [-0.1, -0.05) is 0 Å². The Balaban J connectivity index is 1.23. The Kier molecular flexibility index (Phi) is 5.74. The van der Waals surface area contributed by atoms with Crippen molar-refractivity contribution in [1.29, 1.82) is 0 Å². The fraction of sp³-hybridized carbons (Fsp3) is 0.417. The normalized spacial score (nSPS) is 21.7. The molecule has 6 rings (SSSR count). The van der Waals surface area contributed by atoms with Crippen molar-refractivity contribution < 1.29 is 23.9 Å². The van der Waals surface area contributed by atoms with E-state index in [-0.39, 0.29) is 38.1 Å². The van der Waals surface area contributed by atoms with Crippen molar-refractivity contribution in [3.05, 3.63) is 36.8 Å². The molecule has 2 aliphatic heterocycles. The Morgan fingerprint density at radius 2 is 2.00 bits per heavy atom. The molecule has 3 amide bonds. The van der Waals surface area contributed by atoms with Crippen molar-refractivity contribution in [2.75, 3.05) is 31.1 Å². The van der Waals surface area contributed by atoms with Gasteiger partial charge in [0.05, 0.1) is 24.7 Å². The van der Waals surface area contributed by atoms with E-state index < -0.39 is 24.1 Å². The Hall–Kier alpha value is -4.42. The summed E-state index contributed by atoms with van der Waals surface area (Å²) in [6.45, 7) is 1.04. The van der Waals surface area contributed by atoms with Crippen LogP contribution in [0.15, 0.2) is 36.8 Å². The second-order valence-corrected chi connectivity index (χ2v) is 9.36. The van der Waals surface area contributed by atoms with Gasteiger partial charge in [0.15, 0.2) is 5.65 Å². The molecule has 37 heavy (non-hydrogen) atoms. The van der Waals surface area contributed by atoms with Crippen LogP contribution in [0.1, 0.15) is 19.3 Å². The highest BCUT2D eigenvalue weighted by Gasteiger charge is 2.37. The van der Waals surface area contributed by atoms with Gasteiger partial charge >= 0.3 is 6.09 Å². The van der Waals surface area contributed by atoms with E-state index in [4.69, 9.17) is 20.2 Å². The van der Waals surface area contributed by atoms with E-state index >= 15 is 0 Å². The monoisotopic (exact) mass is 506 g/mol. The first-order chi connectivity index (χ1) is 18.0. The molecule has 13 nitrogen and oxygen atoms in total. The summed E-state index contributed by atoms with van der Waals surface area (Å²) in [5, 5.41) is 7.05. The van der Waals surface area contributed by atoms with Crippen LogP contribution in [-0.2, 0) is 14.3 Å². The third-order valence-corrected chi connectivity index (χ3v) is 6.69. The van der Waals surface area contributed by atoms with Gasteiger partial charge in [-0.3, -0.25) is 14.5 Å². The van der Waals surface area contributed by atoms with Crippen molar-refractivity contribution in [3.63, 3.8) is 0 Å². The molecule has 1 aliphatic carbocycles. The number of fused-ring (bicyclic) bond motifs is 1. The molecular weight excluding hydrogens is 480 g/mol. The number of aromatic nitrogens is 4. The lowest BCUT2D eigenvalue weighted by atomic mass is 10.1. The first kappa shape index (κ1) is 23.0. The molecule has 3 fully saturated rings. The molecule has 0 spiro atoms. The molecule has 0 radical (unpaired) electrons. The predicted molar refractivity (Wildman–Crippen MR) is 130 cm³/mol. The Morgan fingerprint density at radius 1 is 1.14 bits per heavy atom. The third kappa shape index (κ3) is 4.59. The number of carbonyl (C=O) groups is 3. The molecular formula is C24H26N8O5. The second kappa shape index (κ2) is 9.22. The molecule has 3 aliphatic rings. The van der Waals surface area contributed by atoms with Crippen LogP contribution >= 0.6 is 0 Å². The summed E-state index contributed by atoms with van der Waals surface area (Å²) in [5.74, 6) is 0.345. The lowest BCUT2D eigenvalue weighted by Crippen LogP contribution is -2.60. The van der Waals surface area contributed by atoms with Crippen molar-refractivity contribution >= 4 is 29.4 Å². The Morgan fingerprint density at radius 3 is 2.76 bits per heavy atom. The highest BCUT2D eigenvalue weighted by Crippen LogP contribution is 2.35. The maximum atomic E-state index is 12.8. The van der Waals surface area contributed by atoms with E-state index in [9.17, 15) is 14.4 Å². The van der Waals surface area contributed by atoms with Crippen LogP contribution in [-0.4, -0.2) is 86.8 Å². The standard InChI is InChI=1S/C24H26N8O5/c25-21(34)18-13-30(8-9-31(18)24(35)37-15-10-20(33)27-11-15)19-5-7-32-22(29-19)17(12-28-32)16-2-1-6-26-23(16)36-14-3-4-14/h1-2,5-7,12,14-15,18H,3-4,8-11,13H2,(H2,25,34)(H,27,33)/t15-,18-/m0/s1. The maximum Gasteiger partial charge on any atom is 0.410 e. The number of primary amides is 1. The van der Waals surface area contributed by atoms with Gasteiger partial charge in [0, 0.05) is 37.6 Å². The maximum absolute atomic E-state index is 12.8. The predicted octanol–water partition coefficient (Wildman–Crippen LogP) is 0.334. The lowest BCUT2D eigenvalue weighted by Gasteiger charge is -2.39. The van der Waals surface area contributed by atoms with Crippen LogP contribution in [0.3, 0.4) is 0 Å². The van der Waals surface area contributed by atoms with Crippen LogP contribution in [0.25, 0.3) is 16.8 Å². The molecule has 0 bridgehead atoms. The summed E-state index contributed by atoms with van der Waals surface area (Å²) in [5.41, 5.74) is 7.86. The number of amides is 3. The minimum Gasteiger partial charge on any atom is -0.474 e. The molecule has 1 saturated carbocycles. The first-order valence-electron chi connectivity index (χ1n) is 12.2. The smallest absolute Gasteiger partial charge is 0.410 e. The number of nitrogens with one attached hydrogen (secondary N) is 1. The fourth-order valence-corrected chi connectivity index (χ4v) is 4.58. The number of hydrogen-bond donors (Lipinski definition) is 2. The summed E-state index contributed by atoms with van der Waals surface area (Å²) in [6.07, 6.45) is 6.33. The van der Waals surface area contributed by atoms with Crippen molar-refractivity contribution in [2.45, 2.75) is 37.5 Å². The minimum atomic E-state index is -0.911. The number of nitrogens with zero attached hydrogens (tertiary/aromatic N) is 6. The van der Waals surface area contributed by atoms with Crippen molar-refractivity contribution in [2.24, 2.45) is 5.73 Å². The largest absolute Gasteiger partial charge is 0.474 e. The first-order valence-corrected chi connectivity index (χ1v) is 12.2. The van der Waals surface area contributed by atoms with Gasteiger partial charge in [0.1, 0.15) is 24.1 Å². The van der Waals surface area contributed by atoms with Gasteiger partial charge < -0.3 is 25.4 Å². The second-order valence-electron chi connectivity index (χ2n) is 9.36. The van der Waals surface area contributed by atoms with Crippen LogP contribution in [0, 0.1) is 0 Å². The van der Waals surface area contributed by atoms with E-state index in [1.165, 1.54) is 4.90 Å². The Bertz CT molecular complexity index is 1370. The Labute approximate surface area is 211 Å². The van der Waals surface area contributed by atoms with Crippen molar-refractivity contribution in [1.82, 2.24) is 29.8 Å². The van der Waals surface area contributed by atoms with E-state index in [0.29, 0.717) is 23.9 Å². The number of pyridine rings is 1. The quantitative estimate of drug-likeness (QED) is 0.481. The number of piperazine rings is 1. The topological polar surface area (TPSA) is 157 Å². The average molecular weight is 507 g/mol. The number of nitrogens with two attached hydrogens (primary N) is 1. The molecule has 5 heterocycles. The summed E-state index contributed by atoms with van der Waals surface area (Å²) in [7, 11) is 0. The zero-order chi connectivity index (χ0) is 25.5. The molecule has 13 heteroatoms. The summed E-state index contributed by atoms with van der Waals surface area (Å²) < 4.78 is 13.1. The molecule has 3 aromatic heterocycles. The molecule has 0 unspecified atom stereocenters. The van der Waals surface area contributed by atoms with E-state index in [2.05, 4.69) is 15.4 Å². The zero-order valence-electron chi connectivity index (χ0n) is 19.9. The third-order valence-electron chi connectivity index (χ3n) is 6.69. The molecule has 3 N–H and O–H groups in total. The highest BCUT2D eigenvalue weighted by atomic mass is 16.6. The molecule has 192 valence electrons. The van der Waals surface area contributed by atoms with Crippen LogP contribution in [0.2, 0.25) is 0 Å². The van der Waals surface area contributed by atoms with Gasteiger partial charge in [-0.15, -0.1) is 0 Å². The van der Waals surface area contributed by atoms with E-state index in [1.807, 2.05) is 17.0 Å². The highest BCUT2D eigenvalue weighted by molar-refractivity contribution is 5.86. The average Bonchev–Trinajstić information content (AvgIpc) is 3.47. The number of hydrogen-bond acceptors (Lipinski definition) is 9. The number of ether oxygens (including phenoxy) is 2. The lowest BCUT2D eigenvalue weighted by molar-refractivity contribution is -0.123. The van der Waals surface area contributed by atoms with Crippen LogP contribution in [0.4, 0.5) is 10.6 Å². The van der Waals surface area contributed by atoms with Crippen LogP contribution < -0.4 is 20.7 Å². The van der Waals surface area contributed by atoms with Gasteiger partial charge in [-0.2, -0.15) is 5.10 Å². The molecule has 0 aromatic carbocycles. The summed E-state index contributed by atoms with van der Waals surface area (Å²) >= 11 is 0. The number of rotatable bonds is 6. The zero-order valence-corrected chi connectivity index (χ0v) is 19.9. The van der Waals surface area contributed by atoms with Gasteiger partial charge in [-0.05, 0) is 31.0 Å². The van der Waals surface area contributed by atoms with Crippen LogP contribution in [0.5, 0.6) is 5.88 Å². The summed E-state index contributed by atoms with van der Waals surface area (Å²) in [4.78, 5) is 49.0. The van der Waals surface area contributed by atoms with Gasteiger partial charge in [-0.25, -0.2) is 19.3 Å². The fourth-order valence-electron chi connectivity index (χ4n) is 4.58. The number of anilines is 1. The van der Waals surface area contributed by atoms with Gasteiger partial charge in [0.25, 0.3) is 0 Å². The van der Waals surface area contributed by atoms with Crippen molar-refractivity contribution in [3.8, 4) is 17.0 Å². The van der Waals surface area contributed by atoms with E-state index in [1.54, 1.807) is 29.2 Å². The minimum absolute atomic E-state index is 0.106. The summed E-state index contributed by atoms with van der Waals surface area (Å²) in [6, 6.07) is 4.66. The van der Waals surface area contributed by atoms with E-state index in [0.717, 1.165) is 24.0 Å². The number of carbonyl (C=O) groups excluding carboxylic acids is 3. The molecule has 2 saturated heterocycles. The SMILES string of the molecule is NC(=O)[C@@H]1CN(c2ccn3ncc(-c4cccnc4OC4CC4)c3n2)CCN1C(=O)O[C@@H]1CNC(=O)C1. The molecule has 2 atom stereocenters.